The van der Waals surface area contributed by atoms with Crippen molar-refractivity contribution in [2.45, 2.75) is 31.5 Å². The molecule has 1 heterocycles. The maximum Gasteiger partial charge on any atom is 0.184 e. The average molecular weight is 172 g/mol. The summed E-state index contributed by atoms with van der Waals surface area (Å²) < 4.78 is 9.88. The molecule has 0 radical (unpaired) electrons. The Morgan fingerprint density at radius 1 is 1.58 bits per heavy atom. The minimum absolute atomic E-state index is 0.0644. The molecule has 12 heavy (non-hydrogen) atoms. The first kappa shape index (κ1) is 9.49. The van der Waals surface area contributed by atoms with Gasteiger partial charge in [0.15, 0.2) is 6.29 Å². The Morgan fingerprint density at radius 3 is 2.67 bits per heavy atom. The van der Waals surface area contributed by atoms with Gasteiger partial charge in [0.25, 0.3) is 0 Å². The van der Waals surface area contributed by atoms with E-state index in [2.05, 4.69) is 5.92 Å². The second kappa shape index (κ2) is 3.87. The first-order valence-corrected chi connectivity index (χ1v) is 3.73. The maximum atomic E-state index is 9.38. The van der Waals surface area contributed by atoms with Crippen LogP contribution in [0.5, 0.6) is 0 Å². The van der Waals surface area contributed by atoms with Gasteiger partial charge in [-0.3, -0.25) is 0 Å². The lowest BCUT2D eigenvalue weighted by Crippen LogP contribution is -2.34. The Hall–Kier alpha value is -0.600. The molecule has 1 aliphatic rings. The van der Waals surface area contributed by atoms with Crippen LogP contribution < -0.4 is 0 Å². The summed E-state index contributed by atoms with van der Waals surface area (Å²) in [5.74, 6) is 2.25. The number of rotatable bonds is 2. The number of ether oxygens (including phenoxy) is 2. The van der Waals surface area contributed by atoms with E-state index in [1.165, 1.54) is 0 Å². The molecule has 0 aromatic rings. The number of aliphatic hydroxyl groups excluding tert-OH is 2. The van der Waals surface area contributed by atoms with Gasteiger partial charge in [-0.2, -0.15) is 0 Å². The Kier molecular flexibility index (Phi) is 3.06. The van der Waals surface area contributed by atoms with Gasteiger partial charge in [-0.05, 0) is 6.92 Å². The van der Waals surface area contributed by atoms with E-state index in [0.717, 1.165) is 0 Å². The number of hydrogen-bond acceptors (Lipinski definition) is 4. The molecule has 1 rings (SSSR count). The first-order valence-electron chi connectivity index (χ1n) is 3.73. The van der Waals surface area contributed by atoms with E-state index in [4.69, 9.17) is 15.9 Å². The van der Waals surface area contributed by atoms with Crippen LogP contribution in [0.15, 0.2) is 0 Å². The number of terminal acetylenes is 1. The van der Waals surface area contributed by atoms with Gasteiger partial charge in [0, 0.05) is 0 Å². The predicted octanol–water partition coefficient (Wildman–Crippen LogP) is -0.897. The van der Waals surface area contributed by atoms with E-state index in [1.807, 2.05) is 0 Å². The van der Waals surface area contributed by atoms with Crippen LogP contribution >= 0.6 is 0 Å². The lowest BCUT2D eigenvalue weighted by Gasteiger charge is -2.15. The van der Waals surface area contributed by atoms with E-state index in [9.17, 15) is 10.2 Å². The molecule has 68 valence electrons. The molecular formula is C8H12O4. The Morgan fingerprint density at radius 2 is 2.25 bits per heavy atom. The molecule has 0 bridgehead atoms. The van der Waals surface area contributed by atoms with Gasteiger partial charge >= 0.3 is 0 Å². The molecule has 0 spiro atoms. The van der Waals surface area contributed by atoms with Crippen molar-refractivity contribution in [2.75, 3.05) is 6.61 Å². The van der Waals surface area contributed by atoms with E-state index in [1.54, 1.807) is 6.92 Å². The fraction of sp³-hybridized carbons (Fsp3) is 0.750. The summed E-state index contributed by atoms with van der Waals surface area (Å²) in [6.45, 7) is 1.72. The molecule has 4 atom stereocenters. The summed E-state index contributed by atoms with van der Waals surface area (Å²) in [6, 6.07) is 0. The first-order chi connectivity index (χ1) is 5.66. The highest BCUT2D eigenvalue weighted by atomic mass is 16.7. The molecular weight excluding hydrogens is 160 g/mol. The fourth-order valence-corrected chi connectivity index (χ4v) is 1.14. The van der Waals surface area contributed by atoms with Gasteiger partial charge in [0.1, 0.15) is 18.8 Å². The summed E-state index contributed by atoms with van der Waals surface area (Å²) in [7, 11) is 0. The second-order valence-electron chi connectivity index (χ2n) is 2.70. The van der Waals surface area contributed by atoms with Crippen LogP contribution in [-0.2, 0) is 9.47 Å². The highest BCUT2D eigenvalue weighted by Gasteiger charge is 2.41. The lowest BCUT2D eigenvalue weighted by molar-refractivity contribution is -0.137. The summed E-state index contributed by atoms with van der Waals surface area (Å²) >= 11 is 0. The Balaban J connectivity index is 2.47. The van der Waals surface area contributed by atoms with E-state index in [-0.39, 0.29) is 6.61 Å². The van der Waals surface area contributed by atoms with Crippen LogP contribution in [0.4, 0.5) is 0 Å². The Labute approximate surface area is 71.1 Å². The summed E-state index contributed by atoms with van der Waals surface area (Å²) in [6.07, 6.45) is 1.92. The zero-order chi connectivity index (χ0) is 9.14. The molecule has 4 nitrogen and oxygen atoms in total. The molecule has 1 saturated heterocycles. The second-order valence-corrected chi connectivity index (χ2v) is 2.70. The molecule has 0 saturated carbocycles. The number of aliphatic hydroxyl groups is 2. The topological polar surface area (TPSA) is 58.9 Å². The van der Waals surface area contributed by atoms with Crippen molar-refractivity contribution in [3.05, 3.63) is 0 Å². The van der Waals surface area contributed by atoms with E-state index in [0.29, 0.717) is 0 Å². The standard InChI is InChI=1S/C8H12O4/c1-3-4-11-7-6(9)5(2)12-8(7)10/h1,5-10H,4H2,2H3/t5-,6-,7+,8+/m0/s1. The zero-order valence-electron chi connectivity index (χ0n) is 6.80. The Bertz CT molecular complexity index is 186. The van der Waals surface area contributed by atoms with Crippen molar-refractivity contribution < 1.29 is 19.7 Å². The highest BCUT2D eigenvalue weighted by Crippen LogP contribution is 2.21. The molecule has 2 N–H and O–H groups in total. The summed E-state index contributed by atoms with van der Waals surface area (Å²) in [4.78, 5) is 0. The van der Waals surface area contributed by atoms with Crippen LogP contribution in [-0.4, -0.2) is 41.4 Å². The molecule has 4 heteroatoms. The molecule has 0 aliphatic carbocycles. The van der Waals surface area contributed by atoms with Crippen molar-refractivity contribution >= 4 is 0 Å². The van der Waals surface area contributed by atoms with Gasteiger partial charge < -0.3 is 19.7 Å². The average Bonchev–Trinajstić information content (AvgIpc) is 2.25. The molecule has 0 amide bonds. The van der Waals surface area contributed by atoms with Crippen LogP contribution in [0.25, 0.3) is 0 Å². The maximum absolute atomic E-state index is 9.38. The molecule has 1 aliphatic heterocycles. The smallest absolute Gasteiger partial charge is 0.184 e. The van der Waals surface area contributed by atoms with Crippen molar-refractivity contribution in [2.24, 2.45) is 0 Å². The lowest BCUT2D eigenvalue weighted by atomic mass is 10.1. The van der Waals surface area contributed by atoms with Crippen molar-refractivity contribution in [3.63, 3.8) is 0 Å². The highest BCUT2D eigenvalue weighted by molar-refractivity contribution is 4.88. The van der Waals surface area contributed by atoms with Crippen molar-refractivity contribution in [3.8, 4) is 12.3 Å². The van der Waals surface area contributed by atoms with Crippen molar-refractivity contribution in [1.29, 1.82) is 0 Å². The molecule has 1 fully saturated rings. The normalized spacial score (nSPS) is 41.2. The third-order valence-corrected chi connectivity index (χ3v) is 1.81. The minimum Gasteiger partial charge on any atom is -0.387 e. The van der Waals surface area contributed by atoms with Gasteiger partial charge in [-0.25, -0.2) is 0 Å². The van der Waals surface area contributed by atoms with Gasteiger partial charge in [-0.1, -0.05) is 5.92 Å². The number of hydrogen-bond donors (Lipinski definition) is 2. The summed E-state index contributed by atoms with van der Waals surface area (Å²) in [5.41, 5.74) is 0. The van der Waals surface area contributed by atoms with Gasteiger partial charge in [0.05, 0.1) is 6.10 Å². The van der Waals surface area contributed by atoms with E-state index < -0.39 is 24.6 Å². The van der Waals surface area contributed by atoms with Crippen LogP contribution in [0, 0.1) is 12.3 Å². The largest absolute Gasteiger partial charge is 0.387 e. The third-order valence-electron chi connectivity index (χ3n) is 1.81. The monoisotopic (exact) mass is 172 g/mol. The quantitative estimate of drug-likeness (QED) is 0.530. The van der Waals surface area contributed by atoms with Gasteiger partial charge in [0.2, 0.25) is 0 Å². The predicted molar refractivity (Wildman–Crippen MR) is 41.1 cm³/mol. The third kappa shape index (κ3) is 1.76. The molecule has 0 aromatic heterocycles. The van der Waals surface area contributed by atoms with Crippen molar-refractivity contribution in [1.82, 2.24) is 0 Å². The van der Waals surface area contributed by atoms with Crippen LogP contribution in [0.2, 0.25) is 0 Å². The minimum atomic E-state index is -1.08. The SMILES string of the molecule is C#CCO[C@@H]1[C@@H](O)[C@H](C)O[C@H]1O. The molecule has 0 aromatic carbocycles. The summed E-state index contributed by atoms with van der Waals surface area (Å²) in [5, 5.41) is 18.6. The van der Waals surface area contributed by atoms with E-state index >= 15 is 0 Å². The van der Waals surface area contributed by atoms with Crippen LogP contribution in [0.3, 0.4) is 0 Å². The van der Waals surface area contributed by atoms with Gasteiger partial charge in [-0.15, -0.1) is 6.42 Å². The zero-order valence-corrected chi connectivity index (χ0v) is 6.80. The van der Waals surface area contributed by atoms with Crippen LogP contribution in [0.1, 0.15) is 6.92 Å². The molecule has 0 unspecified atom stereocenters. The fourth-order valence-electron chi connectivity index (χ4n) is 1.14.